The van der Waals surface area contributed by atoms with Crippen LogP contribution in [0.25, 0.3) is 11.3 Å². The third kappa shape index (κ3) is 4.48. The largest absolute Gasteiger partial charge is 0.497 e. The number of nitrogens with one attached hydrogen (secondary N) is 2. The Kier molecular flexibility index (Phi) is 5.62. The lowest BCUT2D eigenvalue weighted by Gasteiger charge is -2.31. The molecule has 0 atom stereocenters. The average Bonchev–Trinajstić information content (AvgIpc) is 3.28. The van der Waals surface area contributed by atoms with E-state index in [-0.39, 0.29) is 17.5 Å². The minimum Gasteiger partial charge on any atom is -0.497 e. The number of piperidine rings is 1. The van der Waals surface area contributed by atoms with Gasteiger partial charge in [-0.1, -0.05) is 6.07 Å². The number of likely N-dealkylation sites (tertiary alicyclic amines) is 1. The van der Waals surface area contributed by atoms with Crippen LogP contribution in [-0.2, 0) is 0 Å². The molecule has 0 unspecified atom stereocenters. The highest BCUT2D eigenvalue weighted by atomic mass is 32.1. The summed E-state index contributed by atoms with van der Waals surface area (Å²) in [6.07, 6.45) is 1.50. The van der Waals surface area contributed by atoms with Crippen molar-refractivity contribution in [3.05, 3.63) is 63.3 Å². The van der Waals surface area contributed by atoms with Crippen molar-refractivity contribution in [1.29, 1.82) is 0 Å². The Hall–Kier alpha value is -3.13. The third-order valence-corrected chi connectivity index (χ3v) is 5.75. The Labute approximate surface area is 172 Å². The van der Waals surface area contributed by atoms with E-state index in [9.17, 15) is 9.59 Å². The fraction of sp³-hybridized carbons (Fsp3) is 0.286. The molecule has 2 N–H and O–H groups in total. The Morgan fingerprint density at radius 3 is 2.83 bits per heavy atom. The number of hydrogen-bond acceptors (Lipinski definition) is 5. The normalized spacial score (nSPS) is 14.6. The molecule has 0 bridgehead atoms. The summed E-state index contributed by atoms with van der Waals surface area (Å²) in [6, 6.07) is 10.6. The summed E-state index contributed by atoms with van der Waals surface area (Å²) >= 11 is 1.58. The number of anilines is 1. The summed E-state index contributed by atoms with van der Waals surface area (Å²) in [5, 5.41) is 6.87. The summed E-state index contributed by atoms with van der Waals surface area (Å²) in [4.78, 5) is 34.0. The van der Waals surface area contributed by atoms with E-state index in [1.807, 2.05) is 35.0 Å². The molecule has 0 radical (unpaired) electrons. The summed E-state index contributed by atoms with van der Waals surface area (Å²) in [7, 11) is 1.59. The summed E-state index contributed by atoms with van der Waals surface area (Å²) < 4.78 is 5.19. The van der Waals surface area contributed by atoms with Gasteiger partial charge in [-0.05, 0) is 36.4 Å². The molecule has 1 fully saturated rings. The first kappa shape index (κ1) is 19.2. The molecule has 3 aromatic rings. The Balaban J connectivity index is 1.40. The number of urea groups is 1. The van der Waals surface area contributed by atoms with Gasteiger partial charge in [0, 0.05) is 47.8 Å². The average molecular weight is 410 g/mol. The molecule has 1 aliphatic rings. The van der Waals surface area contributed by atoms with Crippen molar-refractivity contribution in [3.8, 4) is 17.0 Å². The van der Waals surface area contributed by atoms with Crippen LogP contribution in [0.1, 0.15) is 24.6 Å². The van der Waals surface area contributed by atoms with Crippen molar-refractivity contribution in [2.45, 2.75) is 18.8 Å². The standard InChI is InChI=1S/C21H22N4O3S/c1-28-17-4-2-3-16(11-17)22-21(27)25-8-5-14(6-9-25)20-23-18(12-19(26)24-20)15-7-10-29-13-15/h2-4,7,10-14H,5-6,8-9H2,1H3,(H,22,27)(H,23,24,26). The van der Waals surface area contributed by atoms with Crippen LogP contribution >= 0.6 is 11.3 Å². The second kappa shape index (κ2) is 8.48. The van der Waals surface area contributed by atoms with Gasteiger partial charge in [0.1, 0.15) is 11.6 Å². The number of methoxy groups -OCH3 is 1. The van der Waals surface area contributed by atoms with E-state index in [2.05, 4.69) is 15.3 Å². The summed E-state index contributed by atoms with van der Waals surface area (Å²) in [6.45, 7) is 1.21. The lowest BCUT2D eigenvalue weighted by molar-refractivity contribution is 0.193. The number of benzene rings is 1. The predicted molar refractivity (Wildman–Crippen MR) is 114 cm³/mol. The zero-order valence-corrected chi connectivity index (χ0v) is 16.9. The SMILES string of the molecule is COc1cccc(NC(=O)N2CCC(c3nc(-c4ccsc4)cc(=O)[nH]3)CC2)c1. The number of amides is 2. The fourth-order valence-corrected chi connectivity index (χ4v) is 4.14. The van der Waals surface area contributed by atoms with Gasteiger partial charge in [-0.3, -0.25) is 4.79 Å². The highest BCUT2D eigenvalue weighted by Gasteiger charge is 2.25. The van der Waals surface area contributed by atoms with E-state index in [1.165, 1.54) is 6.07 Å². The van der Waals surface area contributed by atoms with Crippen LogP contribution in [0.15, 0.2) is 52.0 Å². The van der Waals surface area contributed by atoms with E-state index in [4.69, 9.17) is 4.74 Å². The smallest absolute Gasteiger partial charge is 0.321 e. The molecule has 0 aliphatic carbocycles. The fourth-order valence-electron chi connectivity index (χ4n) is 3.49. The minimum atomic E-state index is -0.144. The molecule has 7 nitrogen and oxygen atoms in total. The molecule has 3 heterocycles. The molecule has 8 heteroatoms. The van der Waals surface area contributed by atoms with E-state index in [0.29, 0.717) is 36.0 Å². The van der Waals surface area contributed by atoms with Gasteiger partial charge >= 0.3 is 6.03 Å². The number of rotatable bonds is 4. The number of hydrogen-bond donors (Lipinski definition) is 2. The number of nitrogens with zero attached hydrogens (tertiary/aromatic N) is 2. The van der Waals surface area contributed by atoms with Crippen LogP contribution in [0.5, 0.6) is 5.75 Å². The first-order valence-electron chi connectivity index (χ1n) is 9.46. The van der Waals surface area contributed by atoms with Crippen LogP contribution < -0.4 is 15.6 Å². The van der Waals surface area contributed by atoms with Crippen LogP contribution in [0.4, 0.5) is 10.5 Å². The molecular formula is C21H22N4O3S. The molecule has 2 aromatic heterocycles. The number of ether oxygens (including phenoxy) is 1. The van der Waals surface area contributed by atoms with Crippen molar-refractivity contribution in [2.75, 3.05) is 25.5 Å². The van der Waals surface area contributed by atoms with Gasteiger partial charge in [0.25, 0.3) is 5.56 Å². The van der Waals surface area contributed by atoms with E-state index in [0.717, 1.165) is 18.4 Å². The van der Waals surface area contributed by atoms with Crippen LogP contribution in [0, 0.1) is 0 Å². The molecule has 2 amide bonds. The number of carbonyl (C=O) groups excluding carboxylic acids is 1. The van der Waals surface area contributed by atoms with Gasteiger partial charge in [0.2, 0.25) is 0 Å². The van der Waals surface area contributed by atoms with E-state index >= 15 is 0 Å². The maximum Gasteiger partial charge on any atom is 0.321 e. The molecule has 0 saturated carbocycles. The number of aromatic nitrogens is 2. The highest BCUT2D eigenvalue weighted by molar-refractivity contribution is 7.08. The number of aromatic amines is 1. The number of H-pyrrole nitrogens is 1. The number of thiophene rings is 1. The Morgan fingerprint density at radius 2 is 2.10 bits per heavy atom. The zero-order chi connectivity index (χ0) is 20.2. The highest BCUT2D eigenvalue weighted by Crippen LogP contribution is 2.27. The third-order valence-electron chi connectivity index (χ3n) is 5.07. The maximum atomic E-state index is 12.6. The second-order valence-corrected chi connectivity index (χ2v) is 7.73. The van der Waals surface area contributed by atoms with Gasteiger partial charge < -0.3 is 19.9 Å². The van der Waals surface area contributed by atoms with E-state index in [1.54, 1.807) is 29.4 Å². The van der Waals surface area contributed by atoms with Crippen LogP contribution in [-0.4, -0.2) is 41.1 Å². The van der Waals surface area contributed by atoms with Gasteiger partial charge in [-0.15, -0.1) is 0 Å². The number of carbonyl (C=O) groups is 1. The second-order valence-electron chi connectivity index (χ2n) is 6.95. The lowest BCUT2D eigenvalue weighted by atomic mass is 9.96. The molecule has 0 spiro atoms. The molecule has 29 heavy (non-hydrogen) atoms. The van der Waals surface area contributed by atoms with Gasteiger partial charge in [-0.25, -0.2) is 9.78 Å². The molecule has 4 rings (SSSR count). The first-order valence-corrected chi connectivity index (χ1v) is 10.4. The summed E-state index contributed by atoms with van der Waals surface area (Å²) in [5.41, 5.74) is 2.21. The maximum absolute atomic E-state index is 12.6. The topological polar surface area (TPSA) is 87.3 Å². The summed E-state index contributed by atoms with van der Waals surface area (Å²) in [5.74, 6) is 1.52. The molecule has 150 valence electrons. The van der Waals surface area contributed by atoms with Crippen molar-refractivity contribution in [1.82, 2.24) is 14.9 Å². The van der Waals surface area contributed by atoms with Gasteiger partial charge in [0.05, 0.1) is 12.8 Å². The van der Waals surface area contributed by atoms with Gasteiger partial charge in [0.15, 0.2) is 0 Å². The molecule has 1 aromatic carbocycles. The quantitative estimate of drug-likeness (QED) is 0.682. The van der Waals surface area contributed by atoms with Crippen molar-refractivity contribution in [2.24, 2.45) is 0 Å². The van der Waals surface area contributed by atoms with Crippen molar-refractivity contribution >= 4 is 23.1 Å². The lowest BCUT2D eigenvalue weighted by Crippen LogP contribution is -2.41. The van der Waals surface area contributed by atoms with Crippen molar-refractivity contribution < 1.29 is 9.53 Å². The minimum absolute atomic E-state index is 0.127. The molecule has 1 saturated heterocycles. The molecule has 1 aliphatic heterocycles. The van der Waals surface area contributed by atoms with Crippen LogP contribution in [0.2, 0.25) is 0 Å². The van der Waals surface area contributed by atoms with Crippen molar-refractivity contribution in [3.63, 3.8) is 0 Å². The van der Waals surface area contributed by atoms with Gasteiger partial charge in [-0.2, -0.15) is 11.3 Å². The molecular weight excluding hydrogens is 388 g/mol. The first-order chi connectivity index (χ1) is 14.1. The van der Waals surface area contributed by atoms with E-state index < -0.39 is 0 Å². The van der Waals surface area contributed by atoms with Crippen LogP contribution in [0.3, 0.4) is 0 Å². The zero-order valence-electron chi connectivity index (χ0n) is 16.1. The monoisotopic (exact) mass is 410 g/mol. The Bertz CT molecular complexity index is 1040. The Morgan fingerprint density at radius 1 is 1.28 bits per heavy atom. The predicted octanol–water partition coefficient (Wildman–Crippen LogP) is 3.92.